The Morgan fingerprint density at radius 3 is 2.86 bits per heavy atom. The summed E-state index contributed by atoms with van der Waals surface area (Å²) in [6.07, 6.45) is 1.58. The molecule has 0 bridgehead atoms. The first kappa shape index (κ1) is 16.5. The van der Waals surface area contributed by atoms with E-state index in [0.29, 0.717) is 18.7 Å². The number of thiophene rings is 1. The Kier molecular flexibility index (Phi) is 5.24. The summed E-state index contributed by atoms with van der Waals surface area (Å²) in [4.78, 5) is 18.4. The fraction of sp³-hybridized carbons (Fsp3) is 0.500. The summed E-state index contributed by atoms with van der Waals surface area (Å²) in [5.41, 5.74) is -0.244. The predicted octanol–water partition coefficient (Wildman–Crippen LogP) is 3.91. The van der Waals surface area contributed by atoms with E-state index < -0.39 is 11.6 Å². The molecular weight excluding hydrogens is 302 g/mol. The molecule has 22 heavy (non-hydrogen) atoms. The lowest BCUT2D eigenvalue weighted by atomic mass is 9.91. The molecule has 120 valence electrons. The molecule has 1 aromatic heterocycles. The van der Waals surface area contributed by atoms with Gasteiger partial charge in [0.1, 0.15) is 17.9 Å². The summed E-state index contributed by atoms with van der Waals surface area (Å²) in [6.45, 7) is 6.00. The minimum absolute atomic E-state index is 0.0130. The highest BCUT2D eigenvalue weighted by atomic mass is 32.1. The van der Waals surface area contributed by atoms with Gasteiger partial charge in [-0.15, -0.1) is 11.3 Å². The number of aliphatic hydroxyl groups excluding tert-OH is 1. The van der Waals surface area contributed by atoms with E-state index in [1.807, 2.05) is 38.3 Å². The molecule has 0 radical (unpaired) electrons. The molecule has 2 heterocycles. The zero-order chi connectivity index (χ0) is 16.2. The van der Waals surface area contributed by atoms with E-state index in [1.54, 1.807) is 0 Å². The van der Waals surface area contributed by atoms with Crippen LogP contribution in [0, 0.1) is 0 Å². The molecule has 2 rings (SSSR count). The molecule has 5 nitrogen and oxygen atoms in total. The van der Waals surface area contributed by atoms with Crippen LogP contribution in [0.15, 0.2) is 34.0 Å². The number of oxime groups is 1. The first-order valence-electron chi connectivity index (χ1n) is 7.40. The number of nitrogens with zero attached hydrogens (tertiary/aromatic N) is 1. The van der Waals surface area contributed by atoms with Crippen molar-refractivity contribution < 1.29 is 19.5 Å². The largest absolute Gasteiger partial charge is 0.511 e. The number of cyclic esters (lactones) is 1. The van der Waals surface area contributed by atoms with E-state index in [-0.39, 0.29) is 17.8 Å². The summed E-state index contributed by atoms with van der Waals surface area (Å²) >= 11 is 1.50. The third-order valence-electron chi connectivity index (χ3n) is 3.44. The molecule has 0 saturated heterocycles. The van der Waals surface area contributed by atoms with Crippen LogP contribution in [-0.4, -0.2) is 23.4 Å². The van der Waals surface area contributed by atoms with Crippen molar-refractivity contribution in [3.8, 4) is 0 Å². The lowest BCUT2D eigenvalue weighted by molar-refractivity contribution is -0.156. The maximum Gasteiger partial charge on any atom is 0.344 e. The SMILES string of the molecule is CCC/C(=N\OCC)C1=C(O)CC(C)(c2cccs2)OC1=O. The third kappa shape index (κ3) is 3.32. The number of ether oxygens (including phenoxy) is 1. The van der Waals surface area contributed by atoms with Crippen molar-refractivity contribution in [2.45, 2.75) is 45.6 Å². The van der Waals surface area contributed by atoms with Gasteiger partial charge in [0, 0.05) is 4.88 Å². The molecule has 0 aromatic carbocycles. The lowest BCUT2D eigenvalue weighted by Gasteiger charge is -2.33. The second-order valence-electron chi connectivity index (χ2n) is 5.30. The Bertz CT molecular complexity index is 591. The first-order valence-corrected chi connectivity index (χ1v) is 8.28. The quantitative estimate of drug-likeness (QED) is 0.489. The van der Waals surface area contributed by atoms with Crippen LogP contribution in [0.25, 0.3) is 0 Å². The lowest BCUT2D eigenvalue weighted by Crippen LogP contribution is -2.36. The Hall–Kier alpha value is -1.82. The van der Waals surface area contributed by atoms with E-state index in [2.05, 4.69) is 5.16 Å². The van der Waals surface area contributed by atoms with Crippen LogP contribution in [0.1, 0.15) is 44.9 Å². The standard InChI is InChI=1S/C16H21NO4S/c1-4-7-11(17-20-5-2)14-12(18)10-16(3,21-15(14)19)13-8-6-9-22-13/h6,8-9,18H,4-5,7,10H2,1-3H3/b17-11+. The van der Waals surface area contributed by atoms with Gasteiger partial charge in [0.2, 0.25) is 0 Å². The van der Waals surface area contributed by atoms with Crippen LogP contribution < -0.4 is 0 Å². The van der Waals surface area contributed by atoms with E-state index in [9.17, 15) is 9.90 Å². The maximum atomic E-state index is 12.4. The zero-order valence-electron chi connectivity index (χ0n) is 13.1. The molecule has 1 aliphatic rings. The predicted molar refractivity (Wildman–Crippen MR) is 86.0 cm³/mol. The maximum absolute atomic E-state index is 12.4. The van der Waals surface area contributed by atoms with E-state index in [4.69, 9.17) is 9.57 Å². The summed E-state index contributed by atoms with van der Waals surface area (Å²) in [5, 5.41) is 16.3. The number of hydrogen-bond donors (Lipinski definition) is 1. The molecule has 1 aromatic rings. The van der Waals surface area contributed by atoms with Gasteiger partial charge in [-0.2, -0.15) is 0 Å². The summed E-state index contributed by atoms with van der Waals surface area (Å²) in [6, 6.07) is 3.80. The van der Waals surface area contributed by atoms with Crippen LogP contribution >= 0.6 is 11.3 Å². The van der Waals surface area contributed by atoms with Crippen molar-refractivity contribution >= 4 is 23.0 Å². The Balaban J connectivity index is 2.35. The topological polar surface area (TPSA) is 68.1 Å². The number of carbonyl (C=O) groups excluding carboxylic acids is 1. The summed E-state index contributed by atoms with van der Waals surface area (Å²) < 4.78 is 5.63. The molecule has 1 N–H and O–H groups in total. The molecule has 6 heteroatoms. The second kappa shape index (κ2) is 6.96. The van der Waals surface area contributed by atoms with Crippen molar-refractivity contribution in [3.63, 3.8) is 0 Å². The van der Waals surface area contributed by atoms with Crippen molar-refractivity contribution in [2.75, 3.05) is 6.61 Å². The number of carbonyl (C=O) groups is 1. The van der Waals surface area contributed by atoms with E-state index in [0.717, 1.165) is 11.3 Å². The fourth-order valence-corrected chi connectivity index (χ4v) is 3.24. The molecule has 0 fully saturated rings. The van der Waals surface area contributed by atoms with Gasteiger partial charge >= 0.3 is 5.97 Å². The minimum atomic E-state index is -0.832. The van der Waals surface area contributed by atoms with Crippen LogP contribution in [0.4, 0.5) is 0 Å². The highest BCUT2D eigenvalue weighted by molar-refractivity contribution is 7.10. The Labute approximate surface area is 134 Å². The zero-order valence-corrected chi connectivity index (χ0v) is 13.9. The van der Waals surface area contributed by atoms with Crippen LogP contribution in [0.5, 0.6) is 0 Å². The van der Waals surface area contributed by atoms with Crippen molar-refractivity contribution in [3.05, 3.63) is 33.7 Å². The van der Waals surface area contributed by atoms with Gasteiger partial charge in [-0.25, -0.2) is 4.79 Å². The van der Waals surface area contributed by atoms with Gasteiger partial charge in [0.25, 0.3) is 0 Å². The molecular formula is C16H21NO4S. The molecule has 1 atom stereocenters. The van der Waals surface area contributed by atoms with Crippen molar-refractivity contribution in [1.82, 2.24) is 0 Å². The Morgan fingerprint density at radius 2 is 2.32 bits per heavy atom. The average Bonchev–Trinajstić information content (AvgIpc) is 2.98. The molecule has 0 aliphatic carbocycles. The van der Waals surface area contributed by atoms with Crippen molar-refractivity contribution in [2.24, 2.45) is 5.16 Å². The highest BCUT2D eigenvalue weighted by Crippen LogP contribution is 2.39. The van der Waals surface area contributed by atoms with Gasteiger partial charge in [-0.05, 0) is 31.7 Å². The van der Waals surface area contributed by atoms with Gasteiger partial charge < -0.3 is 14.7 Å². The van der Waals surface area contributed by atoms with Gasteiger partial charge in [0.05, 0.1) is 12.1 Å². The first-order chi connectivity index (χ1) is 10.5. The average molecular weight is 323 g/mol. The van der Waals surface area contributed by atoms with Gasteiger partial charge in [0.15, 0.2) is 5.60 Å². The number of esters is 1. The summed E-state index contributed by atoms with van der Waals surface area (Å²) in [5.74, 6) is -0.536. The smallest absolute Gasteiger partial charge is 0.344 e. The third-order valence-corrected chi connectivity index (χ3v) is 4.55. The molecule has 0 amide bonds. The minimum Gasteiger partial charge on any atom is -0.511 e. The number of hydrogen-bond acceptors (Lipinski definition) is 6. The molecule has 0 saturated carbocycles. The Morgan fingerprint density at radius 1 is 1.55 bits per heavy atom. The second-order valence-corrected chi connectivity index (χ2v) is 6.25. The highest BCUT2D eigenvalue weighted by Gasteiger charge is 2.41. The van der Waals surface area contributed by atoms with E-state index >= 15 is 0 Å². The number of rotatable bonds is 6. The molecule has 1 aliphatic heterocycles. The van der Waals surface area contributed by atoms with Crippen LogP contribution in [0.2, 0.25) is 0 Å². The van der Waals surface area contributed by atoms with E-state index in [1.165, 1.54) is 11.3 Å². The number of aliphatic hydroxyl groups is 1. The molecule has 0 spiro atoms. The monoisotopic (exact) mass is 323 g/mol. The van der Waals surface area contributed by atoms with Gasteiger partial charge in [-0.1, -0.05) is 24.6 Å². The summed E-state index contributed by atoms with van der Waals surface area (Å²) in [7, 11) is 0. The normalized spacial score (nSPS) is 22.7. The van der Waals surface area contributed by atoms with Crippen LogP contribution in [-0.2, 0) is 20.0 Å². The van der Waals surface area contributed by atoms with Crippen molar-refractivity contribution in [1.29, 1.82) is 0 Å². The van der Waals surface area contributed by atoms with Gasteiger partial charge in [-0.3, -0.25) is 0 Å². The van der Waals surface area contributed by atoms with Crippen LogP contribution in [0.3, 0.4) is 0 Å². The molecule has 1 unspecified atom stereocenters. The fourth-order valence-electron chi connectivity index (χ4n) is 2.41.